The first-order chi connectivity index (χ1) is 9.38. The quantitative estimate of drug-likeness (QED) is 0.768. The Morgan fingerprint density at radius 3 is 2.84 bits per heavy atom. The Labute approximate surface area is 112 Å². The molecule has 0 aliphatic carbocycles. The molecule has 0 bridgehead atoms. The first-order valence-electron chi connectivity index (χ1n) is 6.42. The number of fused-ring (bicyclic) bond motifs is 1. The van der Waals surface area contributed by atoms with Crippen LogP contribution in [0.5, 0.6) is 0 Å². The summed E-state index contributed by atoms with van der Waals surface area (Å²) in [7, 11) is 0. The summed E-state index contributed by atoms with van der Waals surface area (Å²) < 4.78 is 0. The summed E-state index contributed by atoms with van der Waals surface area (Å²) in [6.45, 7) is 2.99. The smallest absolute Gasteiger partial charge is 0.0729 e. The molecule has 1 aromatic carbocycles. The van der Waals surface area contributed by atoms with Gasteiger partial charge < -0.3 is 5.32 Å². The second-order valence-corrected chi connectivity index (χ2v) is 4.34. The average molecular weight is 249 g/mol. The third-order valence-electron chi connectivity index (χ3n) is 3.06. The van der Waals surface area contributed by atoms with Gasteiger partial charge in [0.15, 0.2) is 0 Å². The van der Waals surface area contributed by atoms with Crippen molar-refractivity contribution in [2.45, 2.75) is 6.92 Å². The van der Waals surface area contributed by atoms with E-state index in [-0.39, 0.29) is 0 Å². The first kappa shape index (κ1) is 11.7. The number of hydrogen-bond donors (Lipinski definition) is 1. The van der Waals surface area contributed by atoms with Crippen molar-refractivity contribution in [3.63, 3.8) is 0 Å². The lowest BCUT2D eigenvalue weighted by atomic mass is 10.0. The van der Waals surface area contributed by atoms with Crippen LogP contribution in [0.15, 0.2) is 54.9 Å². The van der Waals surface area contributed by atoms with Gasteiger partial charge in [0.25, 0.3) is 0 Å². The van der Waals surface area contributed by atoms with Gasteiger partial charge in [0.1, 0.15) is 0 Å². The van der Waals surface area contributed by atoms with Gasteiger partial charge in [-0.2, -0.15) is 0 Å². The predicted octanol–water partition coefficient (Wildman–Crippen LogP) is 3.73. The van der Waals surface area contributed by atoms with E-state index in [4.69, 9.17) is 0 Å². The van der Waals surface area contributed by atoms with Crippen LogP contribution in [-0.4, -0.2) is 16.5 Å². The van der Waals surface area contributed by atoms with E-state index < -0.39 is 0 Å². The summed E-state index contributed by atoms with van der Waals surface area (Å²) in [4.78, 5) is 8.86. The van der Waals surface area contributed by atoms with Gasteiger partial charge in [-0.1, -0.05) is 18.2 Å². The Morgan fingerprint density at radius 2 is 1.95 bits per heavy atom. The molecule has 0 atom stereocenters. The molecule has 0 unspecified atom stereocenters. The van der Waals surface area contributed by atoms with Gasteiger partial charge in [-0.25, -0.2) is 0 Å². The van der Waals surface area contributed by atoms with E-state index in [1.54, 1.807) is 0 Å². The van der Waals surface area contributed by atoms with Gasteiger partial charge in [0, 0.05) is 35.6 Å². The van der Waals surface area contributed by atoms with Crippen molar-refractivity contribution in [2.75, 3.05) is 11.9 Å². The number of anilines is 1. The van der Waals surface area contributed by atoms with E-state index in [1.165, 1.54) is 0 Å². The number of nitrogens with one attached hydrogen (secondary N) is 1. The van der Waals surface area contributed by atoms with Crippen LogP contribution in [0.3, 0.4) is 0 Å². The Balaban J connectivity index is 2.16. The lowest BCUT2D eigenvalue weighted by Crippen LogP contribution is -1.97. The summed E-state index contributed by atoms with van der Waals surface area (Å²) in [5, 5.41) is 4.44. The molecule has 0 aliphatic rings. The predicted molar refractivity (Wildman–Crippen MR) is 79.1 cm³/mol. The second-order valence-electron chi connectivity index (χ2n) is 4.34. The number of hydrogen-bond acceptors (Lipinski definition) is 3. The second kappa shape index (κ2) is 5.06. The Bertz CT molecular complexity index is 702. The molecule has 0 aliphatic heterocycles. The van der Waals surface area contributed by atoms with E-state index in [9.17, 15) is 0 Å². The van der Waals surface area contributed by atoms with Crippen LogP contribution in [0.25, 0.3) is 22.2 Å². The van der Waals surface area contributed by atoms with Crippen LogP contribution in [0.4, 0.5) is 5.69 Å². The van der Waals surface area contributed by atoms with Crippen molar-refractivity contribution in [1.82, 2.24) is 9.97 Å². The van der Waals surface area contributed by atoms with Gasteiger partial charge in [-0.3, -0.25) is 9.97 Å². The van der Waals surface area contributed by atoms with Crippen molar-refractivity contribution in [3.8, 4) is 11.3 Å². The molecule has 2 heterocycles. The molecule has 3 heteroatoms. The van der Waals surface area contributed by atoms with Crippen molar-refractivity contribution >= 4 is 16.6 Å². The molecule has 2 aromatic heterocycles. The maximum absolute atomic E-state index is 4.47. The Kier molecular flexibility index (Phi) is 3.11. The van der Waals surface area contributed by atoms with E-state index in [2.05, 4.69) is 40.4 Å². The van der Waals surface area contributed by atoms with E-state index in [1.807, 2.05) is 36.7 Å². The normalized spacial score (nSPS) is 10.6. The van der Waals surface area contributed by atoms with Gasteiger partial charge in [0.2, 0.25) is 0 Å². The molecular formula is C16H15N3. The first-order valence-corrected chi connectivity index (χ1v) is 6.42. The fourth-order valence-corrected chi connectivity index (χ4v) is 2.22. The molecular weight excluding hydrogens is 234 g/mol. The molecule has 0 radical (unpaired) electrons. The highest BCUT2D eigenvalue weighted by molar-refractivity contribution is 5.93. The molecule has 0 spiro atoms. The topological polar surface area (TPSA) is 37.8 Å². The molecule has 0 fully saturated rings. The summed E-state index contributed by atoms with van der Waals surface area (Å²) in [5.74, 6) is 0. The summed E-state index contributed by atoms with van der Waals surface area (Å²) >= 11 is 0. The van der Waals surface area contributed by atoms with E-state index in [0.717, 1.165) is 34.4 Å². The third kappa shape index (κ3) is 2.27. The minimum Gasteiger partial charge on any atom is -0.385 e. The van der Waals surface area contributed by atoms with Gasteiger partial charge in [-0.05, 0) is 31.2 Å². The average Bonchev–Trinajstić information content (AvgIpc) is 2.47. The van der Waals surface area contributed by atoms with E-state index in [0.29, 0.717) is 0 Å². The zero-order chi connectivity index (χ0) is 13.1. The standard InChI is InChI=1S/C16H15N3/c1-2-17-12-8-10-19-16(11-12)14-5-3-7-15-13(14)6-4-9-18-15/h3-11H,2H2,1H3,(H,17,19). The maximum atomic E-state index is 4.47. The van der Waals surface area contributed by atoms with Gasteiger partial charge in [-0.15, -0.1) is 0 Å². The van der Waals surface area contributed by atoms with E-state index >= 15 is 0 Å². The highest BCUT2D eigenvalue weighted by atomic mass is 14.9. The number of rotatable bonds is 3. The molecule has 3 rings (SSSR count). The summed E-state index contributed by atoms with van der Waals surface area (Å²) in [6.07, 6.45) is 3.65. The van der Waals surface area contributed by atoms with Crippen LogP contribution in [0.2, 0.25) is 0 Å². The summed E-state index contributed by atoms with van der Waals surface area (Å²) in [5.41, 5.74) is 4.17. The lowest BCUT2D eigenvalue weighted by Gasteiger charge is -2.08. The van der Waals surface area contributed by atoms with Crippen LogP contribution < -0.4 is 5.32 Å². The van der Waals surface area contributed by atoms with Crippen LogP contribution in [0, 0.1) is 0 Å². The lowest BCUT2D eigenvalue weighted by molar-refractivity contribution is 1.20. The number of aromatic nitrogens is 2. The molecule has 3 aromatic rings. The third-order valence-corrected chi connectivity index (χ3v) is 3.06. The molecule has 94 valence electrons. The molecule has 0 amide bonds. The zero-order valence-electron chi connectivity index (χ0n) is 10.8. The van der Waals surface area contributed by atoms with Crippen molar-refractivity contribution < 1.29 is 0 Å². The Hall–Kier alpha value is -2.42. The Morgan fingerprint density at radius 1 is 1.00 bits per heavy atom. The SMILES string of the molecule is CCNc1ccnc(-c2cccc3ncccc23)c1. The number of nitrogens with zero attached hydrogens (tertiary/aromatic N) is 2. The number of pyridine rings is 2. The molecule has 1 N–H and O–H groups in total. The number of benzene rings is 1. The monoisotopic (exact) mass is 249 g/mol. The molecule has 19 heavy (non-hydrogen) atoms. The molecule has 0 saturated carbocycles. The minimum atomic E-state index is 0.903. The van der Waals surface area contributed by atoms with Crippen molar-refractivity contribution in [3.05, 3.63) is 54.9 Å². The van der Waals surface area contributed by atoms with Gasteiger partial charge >= 0.3 is 0 Å². The highest BCUT2D eigenvalue weighted by Gasteiger charge is 2.05. The minimum absolute atomic E-state index is 0.903. The maximum Gasteiger partial charge on any atom is 0.0729 e. The summed E-state index contributed by atoms with van der Waals surface area (Å²) in [6, 6.07) is 14.2. The van der Waals surface area contributed by atoms with Gasteiger partial charge in [0.05, 0.1) is 11.2 Å². The van der Waals surface area contributed by atoms with Crippen LogP contribution in [-0.2, 0) is 0 Å². The fourth-order valence-electron chi connectivity index (χ4n) is 2.22. The zero-order valence-corrected chi connectivity index (χ0v) is 10.8. The molecule has 3 nitrogen and oxygen atoms in total. The van der Waals surface area contributed by atoms with Crippen molar-refractivity contribution in [2.24, 2.45) is 0 Å². The molecule has 0 saturated heterocycles. The largest absolute Gasteiger partial charge is 0.385 e. The fraction of sp³-hybridized carbons (Fsp3) is 0.125. The van der Waals surface area contributed by atoms with Crippen LogP contribution in [0.1, 0.15) is 6.92 Å². The highest BCUT2D eigenvalue weighted by Crippen LogP contribution is 2.27. The van der Waals surface area contributed by atoms with Crippen molar-refractivity contribution in [1.29, 1.82) is 0 Å². The van der Waals surface area contributed by atoms with Crippen LogP contribution >= 0.6 is 0 Å².